The molecule has 0 N–H and O–H groups in total. The Labute approximate surface area is 154 Å². The lowest BCUT2D eigenvalue weighted by atomic mass is 10.0. The average molecular weight is 345 g/mol. The van der Waals surface area contributed by atoms with E-state index in [9.17, 15) is 0 Å². The third-order valence-corrected chi connectivity index (χ3v) is 4.97. The summed E-state index contributed by atoms with van der Waals surface area (Å²) in [5, 5.41) is 0. The zero-order valence-corrected chi connectivity index (χ0v) is 15.3. The van der Waals surface area contributed by atoms with Gasteiger partial charge in [-0.15, -0.1) is 0 Å². The molecule has 4 heteroatoms. The molecule has 1 fully saturated rings. The van der Waals surface area contributed by atoms with Gasteiger partial charge in [0.15, 0.2) is 0 Å². The minimum atomic E-state index is 0.748. The van der Waals surface area contributed by atoms with Crippen molar-refractivity contribution < 1.29 is 4.74 Å². The largest absolute Gasteiger partial charge is 0.378 e. The van der Waals surface area contributed by atoms with Crippen molar-refractivity contribution in [3.63, 3.8) is 0 Å². The van der Waals surface area contributed by atoms with Gasteiger partial charge in [-0.3, -0.25) is 4.98 Å². The molecule has 0 amide bonds. The topological polar surface area (TPSA) is 38.2 Å². The predicted molar refractivity (Wildman–Crippen MR) is 107 cm³/mol. The molecule has 1 saturated heterocycles. The van der Waals surface area contributed by atoms with Gasteiger partial charge in [-0.05, 0) is 48.2 Å². The van der Waals surface area contributed by atoms with Crippen molar-refractivity contribution in [2.75, 3.05) is 31.2 Å². The van der Waals surface area contributed by atoms with Crippen LogP contribution in [0.5, 0.6) is 0 Å². The normalized spacial score (nSPS) is 15.5. The molecule has 4 nitrogen and oxygen atoms in total. The molecule has 2 aromatic carbocycles. The smallest absolute Gasteiger partial charge is 0.148 e. The summed E-state index contributed by atoms with van der Waals surface area (Å²) in [6.45, 7) is 7.43. The van der Waals surface area contributed by atoms with Crippen LogP contribution in [0.15, 0.2) is 54.7 Å². The Kier molecular flexibility index (Phi) is 4.67. The quantitative estimate of drug-likeness (QED) is 0.698. The van der Waals surface area contributed by atoms with E-state index in [4.69, 9.17) is 9.72 Å². The van der Waals surface area contributed by atoms with E-state index in [1.54, 1.807) is 0 Å². The van der Waals surface area contributed by atoms with Gasteiger partial charge in [0, 0.05) is 13.1 Å². The van der Waals surface area contributed by atoms with Crippen LogP contribution in [0.4, 0.5) is 5.82 Å². The van der Waals surface area contributed by atoms with Crippen LogP contribution in [0.2, 0.25) is 0 Å². The fourth-order valence-electron chi connectivity index (χ4n) is 3.22. The summed E-state index contributed by atoms with van der Waals surface area (Å²) in [5.41, 5.74) is 6.75. The molecule has 3 aromatic rings. The molecular weight excluding hydrogens is 322 g/mol. The van der Waals surface area contributed by atoms with Crippen LogP contribution in [0.25, 0.3) is 27.7 Å². The van der Waals surface area contributed by atoms with E-state index < -0.39 is 0 Å². The number of hydrogen-bond acceptors (Lipinski definition) is 4. The molecule has 0 atom stereocenters. The van der Waals surface area contributed by atoms with E-state index in [0.717, 1.165) is 48.7 Å². The lowest BCUT2D eigenvalue weighted by Crippen LogP contribution is -2.36. The number of aromatic nitrogens is 2. The summed E-state index contributed by atoms with van der Waals surface area (Å²) in [5.74, 6) is 0.928. The van der Waals surface area contributed by atoms with E-state index in [-0.39, 0.29) is 0 Å². The summed E-state index contributed by atoms with van der Waals surface area (Å²) in [4.78, 5) is 11.7. The predicted octanol–water partition coefficient (Wildman–Crippen LogP) is 4.56. The highest BCUT2D eigenvalue weighted by atomic mass is 16.5. The first-order chi connectivity index (χ1) is 12.7. The Balaban J connectivity index is 1.67. The highest BCUT2D eigenvalue weighted by molar-refractivity contribution is 5.82. The van der Waals surface area contributed by atoms with Gasteiger partial charge >= 0.3 is 0 Å². The molecular formula is C22H23N3O. The number of ether oxygens (including phenoxy) is 1. The minimum Gasteiger partial charge on any atom is -0.378 e. The lowest BCUT2D eigenvalue weighted by Gasteiger charge is -2.27. The average Bonchev–Trinajstić information content (AvgIpc) is 2.73. The fraction of sp³-hybridized carbons (Fsp3) is 0.273. The van der Waals surface area contributed by atoms with Gasteiger partial charge in [0.25, 0.3) is 0 Å². The molecule has 132 valence electrons. The molecule has 0 saturated carbocycles. The molecule has 2 heterocycles. The first-order valence-electron chi connectivity index (χ1n) is 9.08. The molecule has 0 unspecified atom stereocenters. The maximum absolute atomic E-state index is 5.43. The van der Waals surface area contributed by atoms with Gasteiger partial charge in [-0.25, -0.2) is 4.98 Å². The van der Waals surface area contributed by atoms with Crippen molar-refractivity contribution in [1.29, 1.82) is 0 Å². The number of fused-ring (bicyclic) bond motifs is 1. The minimum absolute atomic E-state index is 0.748. The summed E-state index contributed by atoms with van der Waals surface area (Å²) in [6.07, 6.45) is 4.00. The van der Waals surface area contributed by atoms with Gasteiger partial charge in [0.05, 0.1) is 30.4 Å². The Morgan fingerprint density at radius 2 is 1.73 bits per heavy atom. The number of benzene rings is 2. The van der Waals surface area contributed by atoms with Gasteiger partial charge < -0.3 is 9.64 Å². The molecule has 1 aromatic heterocycles. The number of nitrogens with zero attached hydrogens (tertiary/aromatic N) is 3. The van der Waals surface area contributed by atoms with Gasteiger partial charge in [-0.2, -0.15) is 0 Å². The van der Waals surface area contributed by atoms with E-state index in [0.29, 0.717) is 0 Å². The Bertz CT molecular complexity index is 941. The fourth-order valence-corrected chi connectivity index (χ4v) is 3.22. The second-order valence-electron chi connectivity index (χ2n) is 6.58. The number of morpholine rings is 1. The lowest BCUT2D eigenvalue weighted by molar-refractivity contribution is 0.122. The first-order valence-corrected chi connectivity index (χ1v) is 9.08. The zero-order valence-electron chi connectivity index (χ0n) is 15.3. The Hall–Kier alpha value is -2.72. The maximum Gasteiger partial charge on any atom is 0.148 e. The van der Waals surface area contributed by atoms with Crippen LogP contribution in [0.3, 0.4) is 0 Å². The highest BCUT2D eigenvalue weighted by Gasteiger charge is 2.13. The molecule has 0 spiro atoms. The number of rotatable bonds is 3. The molecule has 1 aliphatic rings. The van der Waals surface area contributed by atoms with E-state index in [1.165, 1.54) is 16.7 Å². The molecule has 26 heavy (non-hydrogen) atoms. The van der Waals surface area contributed by atoms with Crippen LogP contribution < -0.4 is 4.90 Å². The summed E-state index contributed by atoms with van der Waals surface area (Å²) >= 11 is 0. The monoisotopic (exact) mass is 345 g/mol. The van der Waals surface area contributed by atoms with Crippen LogP contribution in [0, 0.1) is 0 Å². The third kappa shape index (κ3) is 3.33. The standard InChI is InChI=1S/C22H23N3O/c1-3-16(2)17-4-6-18(7-5-17)19-8-9-20-21(14-19)24-22(15-23-20)25-10-12-26-13-11-25/h3-9,14-15H,10-13H2,1-2H3/b16-3-. The summed E-state index contributed by atoms with van der Waals surface area (Å²) in [6, 6.07) is 15.0. The van der Waals surface area contributed by atoms with Crippen molar-refractivity contribution in [2.45, 2.75) is 13.8 Å². The zero-order chi connectivity index (χ0) is 17.9. The van der Waals surface area contributed by atoms with Crippen molar-refractivity contribution in [1.82, 2.24) is 9.97 Å². The van der Waals surface area contributed by atoms with Crippen molar-refractivity contribution in [2.24, 2.45) is 0 Å². The van der Waals surface area contributed by atoms with Crippen LogP contribution in [0.1, 0.15) is 19.4 Å². The molecule has 1 aliphatic heterocycles. The van der Waals surface area contributed by atoms with Crippen LogP contribution >= 0.6 is 0 Å². The van der Waals surface area contributed by atoms with Gasteiger partial charge in [-0.1, -0.05) is 36.4 Å². The van der Waals surface area contributed by atoms with Crippen LogP contribution in [-0.2, 0) is 4.74 Å². The second-order valence-corrected chi connectivity index (χ2v) is 6.58. The summed E-state index contributed by atoms with van der Waals surface area (Å²) in [7, 11) is 0. The SMILES string of the molecule is C/C=C(/C)c1ccc(-c2ccc3ncc(N4CCOCC4)nc3c2)cc1. The van der Waals surface area contributed by atoms with Crippen LogP contribution in [-0.4, -0.2) is 36.3 Å². The number of allylic oxidation sites excluding steroid dienone is 2. The third-order valence-electron chi connectivity index (χ3n) is 4.97. The Morgan fingerprint density at radius 3 is 2.46 bits per heavy atom. The van der Waals surface area contributed by atoms with Crippen molar-refractivity contribution >= 4 is 22.4 Å². The second kappa shape index (κ2) is 7.26. The van der Waals surface area contributed by atoms with Gasteiger partial charge in [0.1, 0.15) is 5.82 Å². The van der Waals surface area contributed by atoms with E-state index in [1.807, 2.05) is 12.3 Å². The maximum atomic E-state index is 5.43. The molecule has 4 rings (SSSR count). The van der Waals surface area contributed by atoms with Gasteiger partial charge in [0.2, 0.25) is 0 Å². The summed E-state index contributed by atoms with van der Waals surface area (Å²) < 4.78 is 5.43. The molecule has 0 radical (unpaired) electrons. The van der Waals surface area contributed by atoms with Crippen molar-refractivity contribution in [3.8, 4) is 11.1 Å². The van der Waals surface area contributed by atoms with E-state index in [2.05, 4.69) is 66.2 Å². The molecule has 0 bridgehead atoms. The number of anilines is 1. The highest BCUT2D eigenvalue weighted by Crippen LogP contribution is 2.26. The first kappa shape index (κ1) is 16.7. The molecule has 0 aliphatic carbocycles. The number of hydrogen-bond donors (Lipinski definition) is 0. The van der Waals surface area contributed by atoms with E-state index >= 15 is 0 Å². The van der Waals surface area contributed by atoms with Crippen molar-refractivity contribution in [3.05, 3.63) is 60.3 Å². The Morgan fingerprint density at radius 1 is 1.00 bits per heavy atom.